The van der Waals surface area contributed by atoms with Crippen LogP contribution in [0.4, 0.5) is 0 Å². The van der Waals surface area contributed by atoms with E-state index in [9.17, 15) is 10.2 Å². The molecule has 0 radical (unpaired) electrons. The molecule has 0 aliphatic heterocycles. The van der Waals surface area contributed by atoms with Crippen LogP contribution in [-0.2, 0) is 6.54 Å². The third kappa shape index (κ3) is 10.5. The van der Waals surface area contributed by atoms with Gasteiger partial charge in [0.15, 0.2) is 11.5 Å². The SMILES string of the molecule is COc1cc(CNCCCNCCCCNCCCN[C@H]2CC[C@]3(C)C4CC[C@@]5(C)C(CC[C@@H]5[C@H](C)CCCC(C)C)C4[C@@H](O)C[C@@H]3C2)ccc1O. The second-order valence-corrected chi connectivity index (χ2v) is 18.8. The molecule has 10 atom stereocenters. The molecular formula is C45H80N4O3. The van der Waals surface area contributed by atoms with E-state index >= 15 is 0 Å². The average Bonchev–Trinajstić information content (AvgIpc) is 3.48. The highest BCUT2D eigenvalue weighted by Gasteiger charge is 2.62. The maximum absolute atomic E-state index is 11.9. The largest absolute Gasteiger partial charge is 0.504 e. The second-order valence-electron chi connectivity index (χ2n) is 18.8. The number of phenolic OH excluding ortho intramolecular Hbond substituents is 1. The second kappa shape index (κ2) is 20.0. The third-order valence-electron chi connectivity index (χ3n) is 15.1. The van der Waals surface area contributed by atoms with E-state index < -0.39 is 0 Å². The van der Waals surface area contributed by atoms with E-state index in [2.05, 4.69) is 55.9 Å². The number of aliphatic hydroxyl groups is 1. The number of benzene rings is 1. The molecule has 4 aliphatic rings. The summed E-state index contributed by atoms with van der Waals surface area (Å²) in [5.74, 6) is 5.88. The number of hydrogen-bond acceptors (Lipinski definition) is 7. The van der Waals surface area contributed by atoms with E-state index in [4.69, 9.17) is 4.74 Å². The summed E-state index contributed by atoms with van der Waals surface area (Å²) in [7, 11) is 1.58. The summed E-state index contributed by atoms with van der Waals surface area (Å²) >= 11 is 0. The van der Waals surface area contributed by atoms with E-state index in [1.165, 1.54) is 83.5 Å². The molecule has 52 heavy (non-hydrogen) atoms. The Morgan fingerprint density at radius 1 is 0.769 bits per heavy atom. The Kier molecular flexibility index (Phi) is 16.1. The lowest BCUT2D eigenvalue weighted by Gasteiger charge is -2.62. The Morgan fingerprint density at radius 3 is 2.17 bits per heavy atom. The lowest BCUT2D eigenvalue weighted by Crippen LogP contribution is -2.59. The molecule has 0 bridgehead atoms. The Labute approximate surface area is 319 Å². The first-order valence-electron chi connectivity index (χ1n) is 22.0. The van der Waals surface area contributed by atoms with E-state index in [0.717, 1.165) is 93.8 Å². The first-order chi connectivity index (χ1) is 25.1. The lowest BCUT2D eigenvalue weighted by molar-refractivity contribution is -0.167. The highest BCUT2D eigenvalue weighted by molar-refractivity contribution is 5.41. The van der Waals surface area contributed by atoms with Gasteiger partial charge in [-0.2, -0.15) is 0 Å². The van der Waals surface area contributed by atoms with Gasteiger partial charge in [-0.3, -0.25) is 0 Å². The fraction of sp³-hybridized carbons (Fsp3) is 0.867. The minimum atomic E-state index is -0.0918. The van der Waals surface area contributed by atoms with E-state index in [1.807, 2.05) is 12.1 Å². The van der Waals surface area contributed by atoms with Crippen LogP contribution >= 0.6 is 0 Å². The maximum Gasteiger partial charge on any atom is 0.160 e. The molecule has 4 fully saturated rings. The third-order valence-corrected chi connectivity index (χ3v) is 15.1. The van der Waals surface area contributed by atoms with Crippen LogP contribution in [0.3, 0.4) is 0 Å². The number of nitrogens with one attached hydrogen (secondary N) is 4. The fourth-order valence-corrected chi connectivity index (χ4v) is 12.1. The van der Waals surface area contributed by atoms with Crippen LogP contribution in [0.15, 0.2) is 18.2 Å². The number of aromatic hydroxyl groups is 1. The van der Waals surface area contributed by atoms with Gasteiger partial charge in [0, 0.05) is 12.6 Å². The van der Waals surface area contributed by atoms with Gasteiger partial charge in [0.05, 0.1) is 13.2 Å². The van der Waals surface area contributed by atoms with Crippen LogP contribution < -0.4 is 26.0 Å². The topological polar surface area (TPSA) is 97.8 Å². The predicted octanol–water partition coefficient (Wildman–Crippen LogP) is 8.28. The molecule has 4 saturated carbocycles. The number of aliphatic hydroxyl groups excluding tert-OH is 1. The highest BCUT2D eigenvalue weighted by atomic mass is 16.5. The molecule has 1 aromatic rings. The Balaban J connectivity index is 0.902. The first-order valence-corrected chi connectivity index (χ1v) is 22.0. The van der Waals surface area contributed by atoms with Crippen molar-refractivity contribution < 1.29 is 14.9 Å². The van der Waals surface area contributed by atoms with Gasteiger partial charge in [-0.25, -0.2) is 0 Å². The molecule has 0 heterocycles. The summed E-state index contributed by atoms with van der Waals surface area (Å²) in [6.45, 7) is 19.7. The van der Waals surface area contributed by atoms with Crippen molar-refractivity contribution in [2.45, 2.75) is 150 Å². The number of unbranched alkanes of at least 4 members (excludes halogenated alkanes) is 1. The molecule has 6 N–H and O–H groups in total. The zero-order valence-corrected chi connectivity index (χ0v) is 34.3. The Hall–Kier alpha value is -1.38. The Morgan fingerprint density at radius 2 is 1.44 bits per heavy atom. The molecule has 7 nitrogen and oxygen atoms in total. The first kappa shape index (κ1) is 41.8. The molecule has 298 valence electrons. The molecule has 0 saturated heterocycles. The van der Waals surface area contributed by atoms with E-state index in [-0.39, 0.29) is 11.9 Å². The standard InChI is InChI=1S/C45H80N4O3/c1-32(2)12-9-13-33(3)37-15-16-38-43-39(19-21-45(37,38)5)44(4)20-18-36(29-35(44)30-41(43)51)49-27-11-25-47-23-8-7-22-46-24-10-26-48-31-34-14-17-40(50)42(28-34)52-6/h14,17,28,32-33,35-39,41,43,46-51H,7-13,15-16,18-27,29-31H2,1-6H3/t33-,35+,36+,37-,38?,39?,41+,43?,44+,45-/m1/s1. The summed E-state index contributed by atoms with van der Waals surface area (Å²) in [6.07, 6.45) is 19.3. The van der Waals surface area contributed by atoms with Gasteiger partial charge < -0.3 is 36.2 Å². The highest BCUT2D eigenvalue weighted by Crippen LogP contribution is 2.68. The van der Waals surface area contributed by atoms with Gasteiger partial charge >= 0.3 is 0 Å². The number of rotatable bonds is 22. The molecular weight excluding hydrogens is 645 g/mol. The lowest BCUT2D eigenvalue weighted by atomic mass is 9.43. The molecule has 1 aromatic carbocycles. The zero-order chi connectivity index (χ0) is 37.1. The molecule has 0 amide bonds. The van der Waals surface area contributed by atoms with Crippen molar-refractivity contribution in [3.05, 3.63) is 23.8 Å². The number of hydrogen-bond donors (Lipinski definition) is 6. The molecule has 3 unspecified atom stereocenters. The summed E-state index contributed by atoms with van der Waals surface area (Å²) in [6, 6.07) is 6.13. The molecule has 0 spiro atoms. The van der Waals surface area contributed by atoms with Gasteiger partial charge in [-0.05, 0) is 186 Å². The molecule has 7 heteroatoms. The van der Waals surface area contributed by atoms with Crippen LogP contribution in [0.25, 0.3) is 0 Å². The zero-order valence-electron chi connectivity index (χ0n) is 34.3. The minimum absolute atomic E-state index is 0.0918. The Bertz CT molecular complexity index is 1200. The van der Waals surface area contributed by atoms with Gasteiger partial charge in [0.2, 0.25) is 0 Å². The van der Waals surface area contributed by atoms with Gasteiger partial charge in [0.1, 0.15) is 0 Å². The number of phenols is 1. The number of methoxy groups -OCH3 is 1. The molecule has 4 aliphatic carbocycles. The van der Waals surface area contributed by atoms with Crippen molar-refractivity contribution in [1.82, 2.24) is 21.3 Å². The van der Waals surface area contributed by atoms with Crippen molar-refractivity contribution >= 4 is 0 Å². The number of ether oxygens (including phenoxy) is 1. The van der Waals surface area contributed by atoms with Crippen LogP contribution in [-0.4, -0.2) is 68.7 Å². The minimum Gasteiger partial charge on any atom is -0.504 e. The summed E-state index contributed by atoms with van der Waals surface area (Å²) in [4.78, 5) is 0. The van der Waals surface area contributed by atoms with Crippen molar-refractivity contribution in [3.8, 4) is 11.5 Å². The van der Waals surface area contributed by atoms with Crippen LogP contribution in [0.1, 0.15) is 136 Å². The van der Waals surface area contributed by atoms with E-state index in [0.29, 0.717) is 34.5 Å². The van der Waals surface area contributed by atoms with Crippen LogP contribution in [0, 0.1) is 52.3 Å². The average molecular weight is 725 g/mol. The van der Waals surface area contributed by atoms with Crippen molar-refractivity contribution in [2.75, 3.05) is 46.4 Å². The van der Waals surface area contributed by atoms with Gasteiger partial charge in [-0.1, -0.05) is 59.9 Å². The summed E-state index contributed by atoms with van der Waals surface area (Å²) in [5.41, 5.74) is 1.98. The van der Waals surface area contributed by atoms with Gasteiger partial charge in [0.25, 0.3) is 0 Å². The van der Waals surface area contributed by atoms with Crippen LogP contribution in [0.2, 0.25) is 0 Å². The van der Waals surface area contributed by atoms with Gasteiger partial charge in [-0.15, -0.1) is 0 Å². The smallest absolute Gasteiger partial charge is 0.160 e. The number of fused-ring (bicyclic) bond motifs is 5. The van der Waals surface area contributed by atoms with E-state index in [1.54, 1.807) is 13.2 Å². The summed E-state index contributed by atoms with van der Waals surface area (Å²) < 4.78 is 5.19. The van der Waals surface area contributed by atoms with Crippen molar-refractivity contribution in [2.24, 2.45) is 52.3 Å². The van der Waals surface area contributed by atoms with Crippen molar-refractivity contribution in [1.29, 1.82) is 0 Å². The summed E-state index contributed by atoms with van der Waals surface area (Å²) in [5, 5.41) is 36.2. The van der Waals surface area contributed by atoms with Crippen LogP contribution in [0.5, 0.6) is 11.5 Å². The predicted molar refractivity (Wildman–Crippen MR) is 217 cm³/mol. The molecule has 5 rings (SSSR count). The monoisotopic (exact) mass is 725 g/mol. The maximum atomic E-state index is 11.9. The fourth-order valence-electron chi connectivity index (χ4n) is 12.1. The van der Waals surface area contributed by atoms with Crippen molar-refractivity contribution in [3.63, 3.8) is 0 Å². The quantitative estimate of drug-likeness (QED) is 0.0671. The molecule has 0 aromatic heterocycles. The normalized spacial score (nSPS) is 33.4.